The first-order valence-corrected chi connectivity index (χ1v) is 11.7. The Balaban J connectivity index is 1.24. The van der Waals surface area contributed by atoms with Gasteiger partial charge in [-0.2, -0.15) is 0 Å². The van der Waals surface area contributed by atoms with Crippen LogP contribution >= 0.6 is 0 Å². The van der Waals surface area contributed by atoms with E-state index in [-0.39, 0.29) is 0 Å². The highest BCUT2D eigenvalue weighted by Crippen LogP contribution is 2.31. The molecule has 0 fully saturated rings. The van der Waals surface area contributed by atoms with Gasteiger partial charge in [0, 0.05) is 73.2 Å². The maximum Gasteiger partial charge on any atom is 0.213 e. The minimum absolute atomic E-state index is 0.632. The second-order valence-electron chi connectivity index (χ2n) is 8.25. The average molecular weight is 446 g/mol. The molecule has 0 spiro atoms. The summed E-state index contributed by atoms with van der Waals surface area (Å²) >= 11 is 0. The van der Waals surface area contributed by atoms with Gasteiger partial charge in [-0.25, -0.2) is 4.98 Å². The van der Waals surface area contributed by atoms with Crippen molar-refractivity contribution in [3.05, 3.63) is 55.0 Å². The predicted octanol–water partition coefficient (Wildman–Crippen LogP) is 5.72. The van der Waals surface area contributed by atoms with Crippen molar-refractivity contribution in [2.24, 2.45) is 7.05 Å². The van der Waals surface area contributed by atoms with Gasteiger partial charge in [0.2, 0.25) is 5.88 Å². The van der Waals surface area contributed by atoms with Gasteiger partial charge in [0.25, 0.3) is 0 Å². The molecule has 0 aliphatic rings. The first kappa shape index (κ1) is 22.9. The van der Waals surface area contributed by atoms with Crippen LogP contribution in [0.1, 0.15) is 38.5 Å². The van der Waals surface area contributed by atoms with Crippen LogP contribution in [0.3, 0.4) is 0 Å². The van der Waals surface area contributed by atoms with E-state index in [1.165, 1.54) is 21.8 Å². The number of pyridine rings is 2. The van der Waals surface area contributed by atoms with Crippen molar-refractivity contribution in [3.63, 3.8) is 0 Å². The fourth-order valence-corrected chi connectivity index (χ4v) is 4.06. The third kappa shape index (κ3) is 5.76. The fourth-order valence-electron chi connectivity index (χ4n) is 4.06. The molecule has 33 heavy (non-hydrogen) atoms. The molecular weight excluding hydrogens is 414 g/mol. The van der Waals surface area contributed by atoms with Crippen LogP contribution in [0.2, 0.25) is 0 Å². The lowest BCUT2D eigenvalue weighted by Crippen LogP contribution is -2.01. The molecule has 6 heteroatoms. The van der Waals surface area contributed by atoms with Gasteiger partial charge in [-0.1, -0.05) is 12.1 Å². The van der Waals surface area contributed by atoms with Crippen LogP contribution in [-0.4, -0.2) is 40.6 Å². The van der Waals surface area contributed by atoms with E-state index in [2.05, 4.69) is 45.8 Å². The van der Waals surface area contributed by atoms with Crippen LogP contribution < -0.4 is 4.74 Å². The van der Waals surface area contributed by atoms with E-state index < -0.39 is 0 Å². The zero-order chi connectivity index (χ0) is 22.9. The fraction of sp³-hybridized carbons (Fsp3) is 0.370. The van der Waals surface area contributed by atoms with Crippen molar-refractivity contribution in [3.8, 4) is 17.0 Å². The summed E-state index contributed by atoms with van der Waals surface area (Å²) in [5, 5.41) is 2.38. The topological polar surface area (TPSA) is 66.2 Å². The minimum atomic E-state index is 0.632. The largest absolute Gasteiger partial charge is 0.478 e. The van der Waals surface area contributed by atoms with Crippen LogP contribution in [0.25, 0.3) is 32.9 Å². The molecule has 1 aromatic carbocycles. The summed E-state index contributed by atoms with van der Waals surface area (Å²) in [7, 11) is 2.09. The van der Waals surface area contributed by atoms with Crippen LogP contribution in [0.15, 0.2) is 55.0 Å². The zero-order valence-corrected chi connectivity index (χ0v) is 19.2. The van der Waals surface area contributed by atoms with Gasteiger partial charge >= 0.3 is 0 Å². The highest BCUT2D eigenvalue weighted by atomic mass is 16.5. The number of rotatable bonds is 13. The van der Waals surface area contributed by atoms with E-state index in [0.717, 1.165) is 62.7 Å². The Morgan fingerprint density at radius 2 is 1.67 bits per heavy atom. The molecule has 0 unspecified atom stereocenters. The van der Waals surface area contributed by atoms with Crippen LogP contribution in [0.4, 0.5) is 0 Å². The SMILES string of the molecule is Cn1c2ccncc2c2ccc(-c3ccc(OCCCCCOCCCCC=O)nc3)cc21. The Morgan fingerprint density at radius 3 is 2.48 bits per heavy atom. The Labute approximate surface area is 194 Å². The molecule has 172 valence electrons. The first-order chi connectivity index (χ1) is 16.3. The number of carbonyl (C=O) groups excluding carboxylic acids is 1. The maximum absolute atomic E-state index is 10.2. The molecular formula is C27H31N3O3. The molecule has 0 N–H and O–H groups in total. The minimum Gasteiger partial charge on any atom is -0.478 e. The van der Waals surface area contributed by atoms with Gasteiger partial charge < -0.3 is 18.8 Å². The van der Waals surface area contributed by atoms with Gasteiger partial charge in [0.15, 0.2) is 0 Å². The average Bonchev–Trinajstić information content (AvgIpc) is 3.14. The lowest BCUT2D eigenvalue weighted by atomic mass is 10.1. The number of aryl methyl sites for hydroxylation is 1. The molecule has 0 bridgehead atoms. The molecule has 0 atom stereocenters. The van der Waals surface area contributed by atoms with Crippen molar-refractivity contribution in [1.82, 2.24) is 14.5 Å². The molecule has 0 aliphatic heterocycles. The molecule has 0 radical (unpaired) electrons. The number of carbonyl (C=O) groups is 1. The highest BCUT2D eigenvalue weighted by Gasteiger charge is 2.09. The molecule has 0 aliphatic carbocycles. The molecule has 4 aromatic rings. The van der Waals surface area contributed by atoms with Crippen molar-refractivity contribution >= 4 is 28.1 Å². The number of hydrogen-bond donors (Lipinski definition) is 0. The van der Waals surface area contributed by atoms with Gasteiger partial charge in [-0.15, -0.1) is 0 Å². The number of unbranched alkanes of at least 4 members (excludes halogenated alkanes) is 4. The Morgan fingerprint density at radius 1 is 0.848 bits per heavy atom. The first-order valence-electron chi connectivity index (χ1n) is 11.7. The zero-order valence-electron chi connectivity index (χ0n) is 19.2. The maximum atomic E-state index is 10.2. The summed E-state index contributed by atoms with van der Waals surface area (Å²) in [6.07, 6.45) is 12.2. The van der Waals surface area contributed by atoms with E-state index in [1.54, 1.807) is 0 Å². The molecule has 4 rings (SSSR count). The normalized spacial score (nSPS) is 11.3. The van der Waals surface area contributed by atoms with E-state index >= 15 is 0 Å². The molecule has 0 amide bonds. The van der Waals surface area contributed by atoms with Crippen LogP contribution in [0.5, 0.6) is 5.88 Å². The van der Waals surface area contributed by atoms with Gasteiger partial charge in [0.05, 0.1) is 12.1 Å². The quantitative estimate of drug-likeness (QED) is 0.194. The Kier molecular flexibility index (Phi) is 8.04. The third-order valence-corrected chi connectivity index (χ3v) is 5.92. The predicted molar refractivity (Wildman–Crippen MR) is 132 cm³/mol. The number of hydrogen-bond acceptors (Lipinski definition) is 5. The van der Waals surface area contributed by atoms with E-state index in [9.17, 15) is 4.79 Å². The summed E-state index contributed by atoms with van der Waals surface area (Å²) in [5.41, 5.74) is 4.56. The molecule has 0 saturated carbocycles. The van der Waals surface area contributed by atoms with Crippen LogP contribution in [0, 0.1) is 0 Å². The summed E-state index contributed by atoms with van der Waals surface area (Å²) in [4.78, 5) is 19.0. The third-order valence-electron chi connectivity index (χ3n) is 5.92. The monoisotopic (exact) mass is 445 g/mol. The van der Waals surface area contributed by atoms with Gasteiger partial charge in [-0.05, 0) is 55.9 Å². The molecule has 3 heterocycles. The van der Waals surface area contributed by atoms with E-state index in [4.69, 9.17) is 9.47 Å². The second kappa shape index (κ2) is 11.6. The Bertz CT molecular complexity index is 1180. The smallest absolute Gasteiger partial charge is 0.213 e. The molecule has 3 aromatic heterocycles. The number of ether oxygens (including phenoxy) is 2. The van der Waals surface area contributed by atoms with E-state index in [1.807, 2.05) is 30.7 Å². The van der Waals surface area contributed by atoms with Gasteiger partial charge in [-0.3, -0.25) is 4.98 Å². The number of nitrogens with zero attached hydrogens (tertiary/aromatic N) is 3. The number of aromatic nitrogens is 3. The summed E-state index contributed by atoms with van der Waals surface area (Å²) in [6.45, 7) is 2.17. The lowest BCUT2D eigenvalue weighted by Gasteiger charge is -2.07. The second-order valence-corrected chi connectivity index (χ2v) is 8.25. The summed E-state index contributed by atoms with van der Waals surface area (Å²) in [5.74, 6) is 0.655. The summed E-state index contributed by atoms with van der Waals surface area (Å²) < 4.78 is 13.6. The molecule has 6 nitrogen and oxygen atoms in total. The highest BCUT2D eigenvalue weighted by molar-refractivity contribution is 6.08. The van der Waals surface area contributed by atoms with Crippen molar-refractivity contribution in [2.45, 2.75) is 38.5 Å². The van der Waals surface area contributed by atoms with Crippen molar-refractivity contribution < 1.29 is 14.3 Å². The Hall–Kier alpha value is -3.25. The standard InChI is InChI=1S/C27H31N3O3/c1-30-25-12-13-28-20-24(25)23-10-8-21(18-26(23)30)22-9-11-27(29-19-22)33-17-7-3-6-16-32-15-5-2-4-14-31/h8-14,18-20H,2-7,15-17H2,1H3. The van der Waals surface area contributed by atoms with Crippen LogP contribution in [-0.2, 0) is 16.6 Å². The number of aldehydes is 1. The number of fused-ring (bicyclic) bond motifs is 3. The molecule has 0 saturated heterocycles. The van der Waals surface area contributed by atoms with Crippen molar-refractivity contribution in [1.29, 1.82) is 0 Å². The van der Waals surface area contributed by atoms with E-state index in [0.29, 0.717) is 18.9 Å². The number of benzene rings is 1. The summed E-state index contributed by atoms with van der Waals surface area (Å²) in [6, 6.07) is 12.6. The lowest BCUT2D eigenvalue weighted by molar-refractivity contribution is -0.108. The van der Waals surface area contributed by atoms with Gasteiger partial charge in [0.1, 0.15) is 6.29 Å². The van der Waals surface area contributed by atoms with Crippen molar-refractivity contribution in [2.75, 3.05) is 19.8 Å².